The van der Waals surface area contributed by atoms with Crippen molar-refractivity contribution in [2.75, 3.05) is 6.54 Å². The average Bonchev–Trinajstić information content (AvgIpc) is 2.60. The summed E-state index contributed by atoms with van der Waals surface area (Å²) in [6, 6.07) is 3.97. The van der Waals surface area contributed by atoms with Crippen molar-refractivity contribution in [2.24, 2.45) is 0 Å². The molecule has 2 aromatic rings. The summed E-state index contributed by atoms with van der Waals surface area (Å²) in [4.78, 5) is 7.35. The maximum atomic E-state index is 9.58. The van der Waals surface area contributed by atoms with Gasteiger partial charge in [0.2, 0.25) is 0 Å². The van der Waals surface area contributed by atoms with Gasteiger partial charge in [-0.25, -0.2) is 4.98 Å². The second-order valence-electron chi connectivity index (χ2n) is 4.63. The Kier molecular flexibility index (Phi) is 2.94. The first-order chi connectivity index (χ1) is 7.56. The first-order valence-electron chi connectivity index (χ1n) is 5.40. The van der Waals surface area contributed by atoms with Gasteiger partial charge >= 0.3 is 0 Å². The van der Waals surface area contributed by atoms with Gasteiger partial charge in [0.1, 0.15) is 5.65 Å². The number of fused-ring (bicyclic) bond motifs is 1. The fourth-order valence-corrected chi connectivity index (χ4v) is 1.66. The monoisotopic (exact) mass is 219 g/mol. The molecule has 0 bridgehead atoms. The van der Waals surface area contributed by atoms with Crippen LogP contribution in [-0.2, 0) is 6.54 Å². The van der Waals surface area contributed by atoms with Crippen LogP contribution in [0, 0.1) is 0 Å². The van der Waals surface area contributed by atoms with E-state index in [1.807, 2.05) is 18.3 Å². The predicted molar refractivity (Wildman–Crippen MR) is 64.1 cm³/mol. The Bertz CT molecular complexity index is 470. The summed E-state index contributed by atoms with van der Waals surface area (Å²) in [7, 11) is 0. The number of hydrogen-bond acceptors (Lipinski definition) is 3. The van der Waals surface area contributed by atoms with Crippen LogP contribution >= 0.6 is 0 Å². The van der Waals surface area contributed by atoms with E-state index in [1.165, 1.54) is 5.56 Å². The highest BCUT2D eigenvalue weighted by Gasteiger charge is 2.11. The molecule has 3 N–H and O–H groups in total. The number of nitrogens with one attached hydrogen (secondary N) is 2. The van der Waals surface area contributed by atoms with Gasteiger partial charge < -0.3 is 15.4 Å². The summed E-state index contributed by atoms with van der Waals surface area (Å²) < 4.78 is 0. The van der Waals surface area contributed by atoms with Gasteiger partial charge in [-0.3, -0.25) is 0 Å². The van der Waals surface area contributed by atoms with Gasteiger partial charge in [0, 0.05) is 30.9 Å². The zero-order chi connectivity index (χ0) is 11.6. The fraction of sp³-hybridized carbons (Fsp3) is 0.417. The largest absolute Gasteiger partial charge is 0.389 e. The Morgan fingerprint density at radius 2 is 2.31 bits per heavy atom. The number of aliphatic hydroxyl groups is 1. The Morgan fingerprint density at radius 3 is 3.06 bits per heavy atom. The predicted octanol–water partition coefficient (Wildman–Crippen LogP) is 1.42. The summed E-state index contributed by atoms with van der Waals surface area (Å²) in [6.07, 6.45) is 3.72. The number of aromatic amines is 1. The molecule has 0 saturated carbocycles. The number of nitrogens with zero attached hydrogens (tertiary/aromatic N) is 1. The molecule has 0 aliphatic heterocycles. The van der Waals surface area contributed by atoms with Crippen molar-refractivity contribution in [2.45, 2.75) is 26.0 Å². The molecule has 16 heavy (non-hydrogen) atoms. The molecule has 0 aliphatic carbocycles. The second-order valence-corrected chi connectivity index (χ2v) is 4.63. The third kappa shape index (κ3) is 2.59. The molecule has 0 aliphatic rings. The van der Waals surface area contributed by atoms with Crippen molar-refractivity contribution in [3.8, 4) is 0 Å². The third-order valence-electron chi connectivity index (χ3n) is 2.41. The molecular formula is C12H17N3O. The smallest absolute Gasteiger partial charge is 0.137 e. The van der Waals surface area contributed by atoms with Crippen molar-refractivity contribution in [3.63, 3.8) is 0 Å². The highest BCUT2D eigenvalue weighted by molar-refractivity contribution is 5.79. The minimum absolute atomic E-state index is 0.569. The molecule has 0 aromatic carbocycles. The van der Waals surface area contributed by atoms with E-state index in [1.54, 1.807) is 20.0 Å². The van der Waals surface area contributed by atoms with Crippen LogP contribution in [0.1, 0.15) is 19.4 Å². The number of aromatic nitrogens is 2. The molecule has 2 rings (SSSR count). The molecule has 0 atom stereocenters. The summed E-state index contributed by atoms with van der Waals surface area (Å²) in [5, 5.41) is 13.9. The van der Waals surface area contributed by atoms with Crippen molar-refractivity contribution >= 4 is 11.0 Å². The molecule has 2 aromatic heterocycles. The van der Waals surface area contributed by atoms with E-state index in [0.29, 0.717) is 6.54 Å². The minimum Gasteiger partial charge on any atom is -0.389 e. The van der Waals surface area contributed by atoms with Crippen LogP contribution in [0.3, 0.4) is 0 Å². The van der Waals surface area contributed by atoms with Crippen LogP contribution in [0.15, 0.2) is 24.5 Å². The SMILES string of the molecule is CC(C)(O)CNCc1c[nH]c2ncccc12. The number of H-pyrrole nitrogens is 1. The summed E-state index contributed by atoms with van der Waals surface area (Å²) in [5.41, 5.74) is 1.40. The molecule has 4 heteroatoms. The van der Waals surface area contributed by atoms with Crippen LogP contribution in [0.2, 0.25) is 0 Å². The van der Waals surface area contributed by atoms with Gasteiger partial charge in [0.15, 0.2) is 0 Å². The van der Waals surface area contributed by atoms with Gasteiger partial charge in [-0.05, 0) is 31.5 Å². The molecule has 86 valence electrons. The number of hydrogen-bond donors (Lipinski definition) is 3. The van der Waals surface area contributed by atoms with Crippen LogP contribution in [0.5, 0.6) is 0 Å². The summed E-state index contributed by atoms with van der Waals surface area (Å²) >= 11 is 0. The van der Waals surface area contributed by atoms with Crippen molar-refractivity contribution < 1.29 is 5.11 Å². The Morgan fingerprint density at radius 1 is 1.50 bits per heavy atom. The molecule has 0 spiro atoms. The van der Waals surface area contributed by atoms with Crippen molar-refractivity contribution in [1.82, 2.24) is 15.3 Å². The Balaban J connectivity index is 2.05. The lowest BCUT2D eigenvalue weighted by molar-refractivity contribution is 0.0795. The standard InChI is InChI=1S/C12H17N3O/c1-12(2,16)8-13-6-9-7-15-11-10(9)4-3-5-14-11/h3-5,7,13,16H,6,8H2,1-2H3,(H,14,15). The lowest BCUT2D eigenvalue weighted by Gasteiger charge is -2.17. The summed E-state index contributed by atoms with van der Waals surface area (Å²) in [6.45, 7) is 4.88. The van der Waals surface area contributed by atoms with Crippen LogP contribution in [0.25, 0.3) is 11.0 Å². The van der Waals surface area contributed by atoms with E-state index in [4.69, 9.17) is 0 Å². The van der Waals surface area contributed by atoms with Crippen LogP contribution in [0.4, 0.5) is 0 Å². The average molecular weight is 219 g/mol. The Hall–Kier alpha value is -1.39. The van der Waals surface area contributed by atoms with Crippen LogP contribution in [-0.4, -0.2) is 27.2 Å². The number of pyridine rings is 1. The van der Waals surface area contributed by atoms with Gasteiger partial charge in [0.25, 0.3) is 0 Å². The lowest BCUT2D eigenvalue weighted by Crippen LogP contribution is -2.34. The molecule has 0 saturated heterocycles. The van der Waals surface area contributed by atoms with E-state index in [-0.39, 0.29) is 0 Å². The highest BCUT2D eigenvalue weighted by atomic mass is 16.3. The Labute approximate surface area is 94.7 Å². The van der Waals surface area contributed by atoms with Gasteiger partial charge in [-0.2, -0.15) is 0 Å². The van der Waals surface area contributed by atoms with Gasteiger partial charge in [-0.15, -0.1) is 0 Å². The molecule has 0 fully saturated rings. The van der Waals surface area contributed by atoms with Gasteiger partial charge in [-0.1, -0.05) is 0 Å². The zero-order valence-electron chi connectivity index (χ0n) is 9.62. The topological polar surface area (TPSA) is 60.9 Å². The highest BCUT2D eigenvalue weighted by Crippen LogP contribution is 2.15. The van der Waals surface area contributed by atoms with E-state index in [0.717, 1.165) is 17.6 Å². The molecular weight excluding hydrogens is 202 g/mol. The van der Waals surface area contributed by atoms with E-state index >= 15 is 0 Å². The normalized spacial score (nSPS) is 12.2. The van der Waals surface area contributed by atoms with Crippen molar-refractivity contribution in [3.05, 3.63) is 30.1 Å². The van der Waals surface area contributed by atoms with E-state index in [9.17, 15) is 5.11 Å². The fourth-order valence-electron chi connectivity index (χ4n) is 1.66. The van der Waals surface area contributed by atoms with Crippen molar-refractivity contribution in [1.29, 1.82) is 0 Å². The molecule has 0 amide bonds. The minimum atomic E-state index is -0.676. The number of rotatable bonds is 4. The summed E-state index contributed by atoms with van der Waals surface area (Å²) in [5.74, 6) is 0. The maximum Gasteiger partial charge on any atom is 0.137 e. The molecule has 0 unspecified atom stereocenters. The molecule has 0 radical (unpaired) electrons. The van der Waals surface area contributed by atoms with E-state index in [2.05, 4.69) is 15.3 Å². The quantitative estimate of drug-likeness (QED) is 0.729. The second kappa shape index (κ2) is 4.23. The van der Waals surface area contributed by atoms with Gasteiger partial charge in [0.05, 0.1) is 5.60 Å². The van der Waals surface area contributed by atoms with Crippen LogP contribution < -0.4 is 5.32 Å². The molecule has 2 heterocycles. The first-order valence-corrected chi connectivity index (χ1v) is 5.40. The first kappa shape index (κ1) is 11.1. The molecule has 4 nitrogen and oxygen atoms in total. The maximum absolute atomic E-state index is 9.58. The van der Waals surface area contributed by atoms with E-state index < -0.39 is 5.60 Å². The zero-order valence-corrected chi connectivity index (χ0v) is 9.62. The lowest BCUT2D eigenvalue weighted by atomic mass is 10.1. The third-order valence-corrected chi connectivity index (χ3v) is 2.41.